The standard InChI is InChI=1S/C34H37ClF3N3O6/c1-20(40-47-33(5,6)31(43)46-32(2,3)4)23-16-25(18-27(17-23)44-7)39-29(22-8-11-24(35)12-9-22)30(42)41-15-14-21-10-13-26(19-28(21)41)45-34(36,37)38/h8-13,16-19,29,39H,14-15H2,1-7H3/b40-20+. The Hall–Kier alpha value is -4.45. The normalized spacial score (nSPS) is 14.3. The smallest absolute Gasteiger partial charge is 0.497 e. The lowest BCUT2D eigenvalue weighted by Crippen LogP contribution is -2.40. The van der Waals surface area contributed by atoms with Gasteiger partial charge in [-0.2, -0.15) is 0 Å². The molecule has 0 spiro atoms. The van der Waals surface area contributed by atoms with Gasteiger partial charge in [0.1, 0.15) is 23.1 Å². The number of nitrogens with one attached hydrogen (secondary N) is 1. The number of carbonyl (C=O) groups excluding carboxylic acids is 2. The van der Waals surface area contributed by atoms with Crippen LogP contribution in [0.15, 0.2) is 65.8 Å². The van der Waals surface area contributed by atoms with Crippen LogP contribution in [0, 0.1) is 0 Å². The third-order valence-corrected chi connectivity index (χ3v) is 7.33. The van der Waals surface area contributed by atoms with Crippen LogP contribution in [0.4, 0.5) is 24.5 Å². The number of oxime groups is 1. The SMILES string of the molecule is COc1cc(NC(C(=O)N2CCc3ccc(OC(F)(F)F)cc32)c2ccc(Cl)cc2)cc(/C(C)=N/OC(C)(C)C(=O)OC(C)(C)C)c1. The van der Waals surface area contributed by atoms with Crippen LogP contribution in [0.25, 0.3) is 0 Å². The molecule has 1 amide bonds. The molecule has 3 aromatic carbocycles. The highest BCUT2D eigenvalue weighted by Gasteiger charge is 2.36. The van der Waals surface area contributed by atoms with Crippen LogP contribution in [0.1, 0.15) is 64.3 Å². The van der Waals surface area contributed by atoms with Gasteiger partial charge in [-0.15, -0.1) is 13.2 Å². The van der Waals surface area contributed by atoms with E-state index in [1.807, 2.05) is 0 Å². The van der Waals surface area contributed by atoms with Crippen molar-refractivity contribution in [1.29, 1.82) is 0 Å². The second-order valence-corrected chi connectivity index (χ2v) is 12.9. The summed E-state index contributed by atoms with van der Waals surface area (Å²) in [4.78, 5) is 33.9. The number of amides is 1. The lowest BCUT2D eigenvalue weighted by Gasteiger charge is -2.27. The van der Waals surface area contributed by atoms with Crippen molar-refractivity contribution in [2.45, 2.75) is 71.6 Å². The molecule has 1 aliphatic heterocycles. The molecule has 3 aromatic rings. The van der Waals surface area contributed by atoms with Crippen LogP contribution >= 0.6 is 11.6 Å². The number of rotatable bonds is 10. The van der Waals surface area contributed by atoms with E-state index >= 15 is 0 Å². The lowest BCUT2D eigenvalue weighted by atomic mass is 10.0. The van der Waals surface area contributed by atoms with Crippen molar-refractivity contribution in [3.05, 3.63) is 82.4 Å². The molecule has 9 nitrogen and oxygen atoms in total. The molecule has 0 bridgehead atoms. The molecule has 0 aliphatic carbocycles. The van der Waals surface area contributed by atoms with E-state index in [-0.39, 0.29) is 6.54 Å². The van der Waals surface area contributed by atoms with E-state index in [4.69, 9.17) is 25.9 Å². The van der Waals surface area contributed by atoms with Gasteiger partial charge in [0.15, 0.2) is 0 Å². The van der Waals surface area contributed by atoms with Crippen LogP contribution in [0.2, 0.25) is 5.02 Å². The Bertz CT molecular complexity index is 1650. The minimum Gasteiger partial charge on any atom is -0.497 e. The Morgan fingerprint density at radius 3 is 2.26 bits per heavy atom. The topological polar surface area (TPSA) is 98.7 Å². The molecule has 0 aromatic heterocycles. The summed E-state index contributed by atoms with van der Waals surface area (Å²) in [6.07, 6.45) is -4.42. The van der Waals surface area contributed by atoms with Crippen LogP contribution in [0.3, 0.4) is 0 Å². The predicted molar refractivity (Wildman–Crippen MR) is 173 cm³/mol. The van der Waals surface area contributed by atoms with E-state index in [0.717, 1.165) is 0 Å². The van der Waals surface area contributed by atoms with E-state index in [9.17, 15) is 22.8 Å². The third-order valence-electron chi connectivity index (χ3n) is 7.07. The second kappa shape index (κ2) is 13.7. The zero-order valence-electron chi connectivity index (χ0n) is 27.1. The summed E-state index contributed by atoms with van der Waals surface area (Å²) in [6, 6.07) is 14.8. The summed E-state index contributed by atoms with van der Waals surface area (Å²) < 4.78 is 53.9. The Kier molecular flexibility index (Phi) is 10.3. The number of hydrogen-bond donors (Lipinski definition) is 1. The average Bonchev–Trinajstić information content (AvgIpc) is 3.40. The van der Waals surface area contributed by atoms with Gasteiger partial charge in [-0.05, 0) is 89.4 Å². The highest BCUT2D eigenvalue weighted by molar-refractivity contribution is 6.30. The number of anilines is 2. The Morgan fingerprint density at radius 1 is 0.957 bits per heavy atom. The van der Waals surface area contributed by atoms with Gasteiger partial charge in [-0.25, -0.2) is 4.79 Å². The fourth-order valence-electron chi connectivity index (χ4n) is 4.73. The summed E-state index contributed by atoms with van der Waals surface area (Å²) in [5.74, 6) is -0.975. The number of fused-ring (bicyclic) bond motifs is 1. The van der Waals surface area contributed by atoms with E-state index in [1.165, 1.54) is 30.2 Å². The van der Waals surface area contributed by atoms with Crippen molar-refractivity contribution < 1.29 is 41.8 Å². The molecule has 13 heteroatoms. The molecule has 1 heterocycles. The number of hydrogen-bond acceptors (Lipinski definition) is 8. The van der Waals surface area contributed by atoms with Crippen LogP contribution < -0.4 is 19.7 Å². The van der Waals surface area contributed by atoms with Crippen LogP contribution in [-0.2, 0) is 25.6 Å². The fraction of sp³-hybridized carbons (Fsp3) is 0.382. The molecule has 252 valence electrons. The number of nitrogens with zero attached hydrogens (tertiary/aromatic N) is 2. The van der Waals surface area contributed by atoms with Gasteiger partial charge >= 0.3 is 12.3 Å². The van der Waals surface area contributed by atoms with E-state index in [0.29, 0.717) is 51.0 Å². The maximum Gasteiger partial charge on any atom is 0.573 e. The first-order chi connectivity index (χ1) is 21.8. The second-order valence-electron chi connectivity index (χ2n) is 12.4. The number of carbonyl (C=O) groups is 2. The molecule has 0 saturated carbocycles. The van der Waals surface area contributed by atoms with E-state index in [2.05, 4.69) is 15.2 Å². The quantitative estimate of drug-likeness (QED) is 0.133. The van der Waals surface area contributed by atoms with Crippen LogP contribution in [0.5, 0.6) is 11.5 Å². The van der Waals surface area contributed by atoms with E-state index in [1.54, 1.807) is 84.0 Å². The number of esters is 1. The number of ether oxygens (including phenoxy) is 3. The van der Waals surface area contributed by atoms with Gasteiger partial charge in [-0.3, -0.25) is 4.79 Å². The maximum atomic E-state index is 14.2. The van der Waals surface area contributed by atoms with Gasteiger partial charge < -0.3 is 29.3 Å². The largest absolute Gasteiger partial charge is 0.573 e. The first kappa shape index (κ1) is 35.4. The summed E-state index contributed by atoms with van der Waals surface area (Å²) >= 11 is 6.14. The Balaban J connectivity index is 1.66. The maximum absolute atomic E-state index is 14.2. The number of benzene rings is 3. The minimum atomic E-state index is -4.88. The highest BCUT2D eigenvalue weighted by Crippen LogP contribution is 2.37. The van der Waals surface area contributed by atoms with Crippen molar-refractivity contribution in [3.8, 4) is 11.5 Å². The first-order valence-electron chi connectivity index (χ1n) is 14.7. The molecule has 0 radical (unpaired) electrons. The summed E-state index contributed by atoms with van der Waals surface area (Å²) in [5.41, 5.74) is 0.966. The molecule has 1 unspecified atom stereocenters. The third kappa shape index (κ3) is 9.31. The van der Waals surface area contributed by atoms with Gasteiger partial charge in [0.2, 0.25) is 5.60 Å². The molecule has 0 saturated heterocycles. The Morgan fingerprint density at radius 2 is 1.64 bits per heavy atom. The minimum absolute atomic E-state index is 0.259. The molecule has 4 rings (SSSR count). The zero-order chi connectivity index (χ0) is 34.7. The van der Waals surface area contributed by atoms with Crippen molar-refractivity contribution in [2.75, 3.05) is 23.9 Å². The highest BCUT2D eigenvalue weighted by atomic mass is 35.5. The van der Waals surface area contributed by atoms with Gasteiger partial charge in [0.05, 0.1) is 18.5 Å². The zero-order valence-corrected chi connectivity index (χ0v) is 27.9. The summed E-state index contributed by atoms with van der Waals surface area (Å²) in [6.45, 7) is 10.3. The first-order valence-corrected chi connectivity index (χ1v) is 15.1. The summed E-state index contributed by atoms with van der Waals surface area (Å²) in [7, 11) is 1.49. The monoisotopic (exact) mass is 675 g/mol. The van der Waals surface area contributed by atoms with Gasteiger partial charge in [0, 0.05) is 35.0 Å². The number of alkyl halides is 3. The summed E-state index contributed by atoms with van der Waals surface area (Å²) in [5, 5.41) is 7.92. The van der Waals surface area contributed by atoms with Crippen molar-refractivity contribution in [2.24, 2.45) is 5.16 Å². The predicted octanol–water partition coefficient (Wildman–Crippen LogP) is 7.85. The molecular formula is C34H37ClF3N3O6. The van der Waals surface area contributed by atoms with Crippen LogP contribution in [-0.4, -0.2) is 48.8 Å². The molecule has 47 heavy (non-hydrogen) atoms. The lowest BCUT2D eigenvalue weighted by molar-refractivity contribution is -0.274. The fourth-order valence-corrected chi connectivity index (χ4v) is 4.86. The van der Waals surface area contributed by atoms with Gasteiger partial charge in [0.25, 0.3) is 5.91 Å². The average molecular weight is 676 g/mol. The van der Waals surface area contributed by atoms with Crippen molar-refractivity contribution in [3.63, 3.8) is 0 Å². The van der Waals surface area contributed by atoms with Gasteiger partial charge in [-0.1, -0.05) is 35.0 Å². The van der Waals surface area contributed by atoms with Crippen molar-refractivity contribution in [1.82, 2.24) is 0 Å². The number of methoxy groups -OCH3 is 1. The molecular weight excluding hydrogens is 639 g/mol. The molecule has 0 fully saturated rings. The number of halogens is 4. The molecule has 1 N–H and O–H groups in total. The Labute approximate surface area is 276 Å². The van der Waals surface area contributed by atoms with E-state index < -0.39 is 41.2 Å². The molecule has 1 aliphatic rings. The molecule has 1 atom stereocenters. The van der Waals surface area contributed by atoms with Crippen molar-refractivity contribution >= 4 is 40.6 Å².